The Morgan fingerprint density at radius 2 is 1.90 bits per heavy atom. The Kier molecular flexibility index (Phi) is 4.39. The molecule has 1 atom stereocenters. The van der Waals surface area contributed by atoms with Gasteiger partial charge >= 0.3 is 5.97 Å². The van der Waals surface area contributed by atoms with E-state index in [9.17, 15) is 13.9 Å². The van der Waals surface area contributed by atoms with Crippen molar-refractivity contribution in [3.8, 4) is 0 Å². The Bertz CT molecular complexity index is 486. The molecule has 1 fully saturated rings. The lowest BCUT2D eigenvalue weighted by molar-refractivity contribution is -0.140. The lowest BCUT2D eigenvalue weighted by atomic mass is 10.0. The van der Waals surface area contributed by atoms with Gasteiger partial charge in [0.15, 0.2) is 0 Å². The predicted molar refractivity (Wildman–Crippen MR) is 79.0 cm³/mol. The Balaban J connectivity index is 2.27. The van der Waals surface area contributed by atoms with Gasteiger partial charge in [-0.15, -0.1) is 10.8 Å². The SMILES string of the molecule is CC(C)c1ccc(S(O)(O)N2CCCC2C(=O)O)cc1. The number of carboxylic acids is 1. The minimum Gasteiger partial charge on any atom is -0.480 e. The van der Waals surface area contributed by atoms with Crippen LogP contribution in [0.2, 0.25) is 0 Å². The van der Waals surface area contributed by atoms with Gasteiger partial charge < -0.3 is 5.11 Å². The molecule has 0 radical (unpaired) electrons. The van der Waals surface area contributed by atoms with Crippen LogP contribution in [0.25, 0.3) is 0 Å². The van der Waals surface area contributed by atoms with E-state index in [4.69, 9.17) is 5.11 Å². The van der Waals surface area contributed by atoms with Crippen LogP contribution in [0.4, 0.5) is 0 Å². The Hall–Kier alpha value is -1.08. The highest BCUT2D eigenvalue weighted by Gasteiger charge is 2.39. The summed E-state index contributed by atoms with van der Waals surface area (Å²) in [7, 11) is -3.22. The lowest BCUT2D eigenvalue weighted by Gasteiger charge is -2.42. The fourth-order valence-electron chi connectivity index (χ4n) is 2.46. The number of carbonyl (C=O) groups is 1. The molecule has 1 saturated heterocycles. The molecule has 0 spiro atoms. The maximum atomic E-state index is 11.2. The highest BCUT2D eigenvalue weighted by atomic mass is 32.3. The number of benzene rings is 1. The summed E-state index contributed by atoms with van der Waals surface area (Å²) in [6, 6.07) is 6.27. The quantitative estimate of drug-likeness (QED) is 0.794. The normalized spacial score (nSPS) is 21.4. The van der Waals surface area contributed by atoms with Crippen LogP contribution < -0.4 is 0 Å². The summed E-state index contributed by atoms with van der Waals surface area (Å²) in [5.74, 6) is -0.634. The van der Waals surface area contributed by atoms with Crippen LogP contribution in [-0.4, -0.2) is 37.1 Å². The number of aliphatic carboxylic acids is 1. The van der Waals surface area contributed by atoms with Crippen molar-refractivity contribution in [2.75, 3.05) is 6.54 Å². The molecule has 0 amide bonds. The van der Waals surface area contributed by atoms with Crippen molar-refractivity contribution in [2.24, 2.45) is 0 Å². The second-order valence-electron chi connectivity index (χ2n) is 5.38. The van der Waals surface area contributed by atoms with Crippen LogP contribution in [0.1, 0.15) is 38.2 Å². The molecular formula is C14H21NO4S. The van der Waals surface area contributed by atoms with Crippen LogP contribution in [0, 0.1) is 0 Å². The van der Waals surface area contributed by atoms with E-state index in [1.54, 1.807) is 12.1 Å². The summed E-state index contributed by atoms with van der Waals surface area (Å²) in [6.45, 7) is 4.52. The molecule has 3 N–H and O–H groups in total. The molecule has 0 bridgehead atoms. The first kappa shape index (κ1) is 15.3. The van der Waals surface area contributed by atoms with Crippen molar-refractivity contribution < 1.29 is 19.0 Å². The highest BCUT2D eigenvalue weighted by Crippen LogP contribution is 2.54. The van der Waals surface area contributed by atoms with Crippen molar-refractivity contribution in [1.82, 2.24) is 4.31 Å². The highest BCUT2D eigenvalue weighted by molar-refractivity contribution is 8.22. The molecule has 0 aliphatic carbocycles. The largest absolute Gasteiger partial charge is 0.480 e. The second kappa shape index (κ2) is 5.73. The van der Waals surface area contributed by atoms with E-state index in [0.29, 0.717) is 30.2 Å². The molecule has 1 aliphatic heterocycles. The fourth-order valence-corrected chi connectivity index (χ4v) is 4.17. The molecule has 5 nitrogen and oxygen atoms in total. The van der Waals surface area contributed by atoms with Gasteiger partial charge in [-0.2, -0.15) is 4.31 Å². The van der Waals surface area contributed by atoms with E-state index in [0.717, 1.165) is 5.56 Å². The smallest absolute Gasteiger partial charge is 0.322 e. The number of carboxylic acid groups (broad SMARTS) is 1. The van der Waals surface area contributed by atoms with Gasteiger partial charge in [0, 0.05) is 6.54 Å². The topological polar surface area (TPSA) is 81.0 Å². The molecular weight excluding hydrogens is 278 g/mol. The van der Waals surface area contributed by atoms with Crippen LogP contribution in [-0.2, 0) is 4.79 Å². The molecule has 0 aromatic heterocycles. The number of hydrogen-bond donors (Lipinski definition) is 3. The first-order chi connectivity index (χ1) is 9.34. The molecule has 0 saturated carbocycles. The zero-order valence-corrected chi connectivity index (χ0v) is 12.5. The van der Waals surface area contributed by atoms with Gasteiger partial charge in [0.2, 0.25) is 0 Å². The first-order valence-electron chi connectivity index (χ1n) is 6.72. The van der Waals surface area contributed by atoms with Gasteiger partial charge in [0.1, 0.15) is 6.04 Å². The van der Waals surface area contributed by atoms with Gasteiger partial charge in [0.25, 0.3) is 0 Å². The summed E-state index contributed by atoms with van der Waals surface area (Å²) < 4.78 is 22.2. The molecule has 1 aliphatic rings. The van der Waals surface area contributed by atoms with Crippen LogP contribution in [0.3, 0.4) is 0 Å². The molecule has 6 heteroatoms. The van der Waals surface area contributed by atoms with E-state index in [1.807, 2.05) is 12.1 Å². The molecule has 1 aromatic rings. The summed E-state index contributed by atoms with van der Waals surface area (Å²) in [4.78, 5) is 11.6. The molecule has 2 rings (SSSR count). The minimum absolute atomic E-state index is 0.365. The molecule has 20 heavy (non-hydrogen) atoms. The standard InChI is InChI=1S/C14H21NO4S/c1-10(2)11-5-7-12(8-6-11)20(18,19)15-9-3-4-13(15)14(16)17/h5-8,10,13,18-19H,3-4,9H2,1-2H3,(H,16,17). The summed E-state index contributed by atoms with van der Waals surface area (Å²) in [5.41, 5.74) is 1.11. The van der Waals surface area contributed by atoms with Gasteiger partial charge in [-0.3, -0.25) is 13.9 Å². The second-order valence-corrected chi connectivity index (χ2v) is 7.36. The molecule has 1 unspecified atom stereocenters. The van der Waals surface area contributed by atoms with Gasteiger partial charge in [0.05, 0.1) is 4.90 Å². The average Bonchev–Trinajstić information content (AvgIpc) is 2.89. The summed E-state index contributed by atoms with van der Waals surface area (Å²) in [6.07, 6.45) is 1.12. The van der Waals surface area contributed by atoms with Crippen LogP contribution in [0.5, 0.6) is 0 Å². The summed E-state index contributed by atoms with van der Waals surface area (Å²) >= 11 is 0. The van der Waals surface area contributed by atoms with E-state index in [1.165, 1.54) is 4.31 Å². The van der Waals surface area contributed by atoms with Crippen molar-refractivity contribution in [2.45, 2.75) is 43.5 Å². The third kappa shape index (κ3) is 2.83. The first-order valence-corrected chi connectivity index (χ1v) is 8.22. The maximum Gasteiger partial charge on any atom is 0.322 e. The van der Waals surface area contributed by atoms with Crippen molar-refractivity contribution >= 4 is 16.7 Å². The van der Waals surface area contributed by atoms with Gasteiger partial charge in [-0.1, -0.05) is 26.0 Å². The van der Waals surface area contributed by atoms with Crippen molar-refractivity contribution in [3.05, 3.63) is 29.8 Å². The molecule has 1 heterocycles. The molecule has 1 aromatic carbocycles. The third-order valence-electron chi connectivity index (χ3n) is 3.68. The number of nitrogens with zero attached hydrogens (tertiary/aromatic N) is 1. The van der Waals surface area contributed by atoms with E-state index in [-0.39, 0.29) is 0 Å². The average molecular weight is 299 g/mol. The van der Waals surface area contributed by atoms with E-state index >= 15 is 0 Å². The van der Waals surface area contributed by atoms with E-state index in [2.05, 4.69) is 13.8 Å². The van der Waals surface area contributed by atoms with Crippen LogP contribution >= 0.6 is 10.8 Å². The zero-order chi connectivity index (χ0) is 14.9. The predicted octanol–water partition coefficient (Wildman–Crippen LogP) is 3.38. The number of rotatable bonds is 4. The van der Waals surface area contributed by atoms with Crippen molar-refractivity contribution in [3.63, 3.8) is 0 Å². The zero-order valence-electron chi connectivity index (χ0n) is 11.7. The van der Waals surface area contributed by atoms with Crippen molar-refractivity contribution in [1.29, 1.82) is 0 Å². The van der Waals surface area contributed by atoms with Crippen LogP contribution in [0.15, 0.2) is 29.2 Å². The minimum atomic E-state index is -3.22. The van der Waals surface area contributed by atoms with Gasteiger partial charge in [-0.05, 0) is 36.5 Å². The van der Waals surface area contributed by atoms with Gasteiger partial charge in [-0.25, -0.2) is 0 Å². The van der Waals surface area contributed by atoms with E-state index < -0.39 is 22.8 Å². The monoisotopic (exact) mass is 299 g/mol. The number of hydrogen-bond acceptors (Lipinski definition) is 4. The molecule has 112 valence electrons. The third-order valence-corrected chi connectivity index (χ3v) is 5.67. The Morgan fingerprint density at radius 1 is 1.30 bits per heavy atom. The maximum absolute atomic E-state index is 11.2. The lowest BCUT2D eigenvalue weighted by Crippen LogP contribution is -2.37. The summed E-state index contributed by atoms with van der Waals surface area (Å²) in [5, 5.41) is 9.16. The Labute approximate surface area is 120 Å². The Morgan fingerprint density at radius 3 is 2.40 bits per heavy atom. The fraction of sp³-hybridized carbons (Fsp3) is 0.500.